The number of carbonyl (C=O) groups is 1. The van der Waals surface area contributed by atoms with Crippen LogP contribution in [0.1, 0.15) is 18.5 Å². The second-order valence-corrected chi connectivity index (χ2v) is 4.62. The maximum absolute atomic E-state index is 10.6. The molecule has 2 aromatic rings. The number of para-hydroxylation sites is 1. The van der Waals surface area contributed by atoms with Gasteiger partial charge in [-0.05, 0) is 19.1 Å². The molecule has 1 atom stereocenters. The molecular weight excluding hydrogens is 275 g/mol. The predicted molar refractivity (Wildman–Crippen MR) is 71.3 cm³/mol. The number of rotatable bonds is 2. The number of hydrogen-bond donors (Lipinski definition) is 2. The van der Waals surface area contributed by atoms with E-state index in [-0.39, 0.29) is 5.15 Å². The summed E-state index contributed by atoms with van der Waals surface area (Å²) in [6.45, 7) is 1.70. The van der Waals surface area contributed by atoms with Crippen LogP contribution in [0.25, 0.3) is 10.9 Å². The van der Waals surface area contributed by atoms with Crippen molar-refractivity contribution >= 4 is 40.2 Å². The summed E-state index contributed by atoms with van der Waals surface area (Å²) in [5, 5.41) is 12.6. The highest BCUT2D eigenvalue weighted by atomic mass is 35.5. The number of benzene rings is 1. The molecule has 0 radical (unpaired) electrons. The first-order valence-corrected chi connectivity index (χ1v) is 5.98. The Bertz CT molecular complexity index is 616. The van der Waals surface area contributed by atoms with Crippen molar-refractivity contribution in [2.75, 3.05) is 0 Å². The number of hydrogen-bond acceptors (Lipinski definition) is 2. The fourth-order valence-corrected chi connectivity index (χ4v) is 2.25. The largest absolute Gasteiger partial charge is 0.465 e. The minimum Gasteiger partial charge on any atom is -0.465 e. The highest BCUT2D eigenvalue weighted by Gasteiger charge is 2.14. The zero-order chi connectivity index (χ0) is 13.3. The Balaban J connectivity index is 2.53. The highest BCUT2D eigenvalue weighted by Crippen LogP contribution is 2.29. The van der Waals surface area contributed by atoms with Crippen LogP contribution in [0.5, 0.6) is 0 Å². The fourth-order valence-electron chi connectivity index (χ4n) is 1.72. The van der Waals surface area contributed by atoms with Gasteiger partial charge in [-0.1, -0.05) is 35.3 Å². The molecule has 0 saturated heterocycles. The van der Waals surface area contributed by atoms with Gasteiger partial charge in [0.15, 0.2) is 0 Å². The van der Waals surface area contributed by atoms with Gasteiger partial charge in [0, 0.05) is 10.9 Å². The molecule has 1 amide bonds. The molecule has 94 valence electrons. The highest BCUT2D eigenvalue weighted by molar-refractivity contribution is 6.35. The number of halogens is 2. The van der Waals surface area contributed by atoms with Crippen LogP contribution < -0.4 is 5.32 Å². The van der Waals surface area contributed by atoms with Gasteiger partial charge in [-0.25, -0.2) is 9.78 Å². The van der Waals surface area contributed by atoms with Gasteiger partial charge in [-0.3, -0.25) is 0 Å². The number of carboxylic acid groups (broad SMARTS) is 1. The summed E-state index contributed by atoms with van der Waals surface area (Å²) in [7, 11) is 0. The van der Waals surface area contributed by atoms with E-state index in [9.17, 15) is 4.79 Å². The van der Waals surface area contributed by atoms with Crippen molar-refractivity contribution < 1.29 is 9.90 Å². The lowest BCUT2D eigenvalue weighted by molar-refractivity contribution is 0.191. The average molecular weight is 285 g/mol. The predicted octanol–water partition coefficient (Wildman–Crippen LogP) is 3.87. The van der Waals surface area contributed by atoms with Crippen molar-refractivity contribution in [3.05, 3.63) is 40.0 Å². The van der Waals surface area contributed by atoms with Crippen molar-refractivity contribution in [2.24, 2.45) is 0 Å². The maximum atomic E-state index is 10.6. The van der Waals surface area contributed by atoms with E-state index < -0.39 is 12.1 Å². The van der Waals surface area contributed by atoms with Gasteiger partial charge in [-0.15, -0.1) is 0 Å². The molecule has 1 unspecified atom stereocenters. The summed E-state index contributed by atoms with van der Waals surface area (Å²) in [4.78, 5) is 14.8. The second-order valence-electron chi connectivity index (χ2n) is 3.85. The van der Waals surface area contributed by atoms with Gasteiger partial charge < -0.3 is 10.4 Å². The smallest absolute Gasteiger partial charge is 0.405 e. The molecule has 2 rings (SSSR count). The SMILES string of the molecule is CC(NC(=O)O)c1cc2cccc(Cl)c2nc1Cl. The number of fused-ring (bicyclic) bond motifs is 1. The van der Waals surface area contributed by atoms with Crippen LogP contribution in [0.3, 0.4) is 0 Å². The van der Waals surface area contributed by atoms with Crippen molar-refractivity contribution in [2.45, 2.75) is 13.0 Å². The normalized spacial score (nSPS) is 12.4. The van der Waals surface area contributed by atoms with E-state index in [0.29, 0.717) is 16.1 Å². The van der Waals surface area contributed by atoms with Crippen LogP contribution in [0, 0.1) is 0 Å². The Morgan fingerprint density at radius 3 is 2.83 bits per heavy atom. The van der Waals surface area contributed by atoms with Crippen molar-refractivity contribution in [1.29, 1.82) is 0 Å². The van der Waals surface area contributed by atoms with Crippen molar-refractivity contribution in [3.63, 3.8) is 0 Å². The maximum Gasteiger partial charge on any atom is 0.405 e. The van der Waals surface area contributed by atoms with Crippen LogP contribution in [-0.2, 0) is 0 Å². The van der Waals surface area contributed by atoms with Gasteiger partial charge in [0.05, 0.1) is 16.6 Å². The molecule has 0 spiro atoms. The van der Waals surface area contributed by atoms with E-state index in [1.165, 1.54) is 0 Å². The molecule has 0 bridgehead atoms. The van der Waals surface area contributed by atoms with Gasteiger partial charge >= 0.3 is 6.09 Å². The Kier molecular flexibility index (Phi) is 3.59. The Morgan fingerprint density at radius 2 is 2.17 bits per heavy atom. The third-order valence-corrected chi connectivity index (χ3v) is 3.19. The molecule has 1 aromatic heterocycles. The quantitative estimate of drug-likeness (QED) is 0.823. The van der Waals surface area contributed by atoms with Crippen LogP contribution in [0.15, 0.2) is 24.3 Å². The van der Waals surface area contributed by atoms with Gasteiger partial charge in [0.2, 0.25) is 0 Å². The molecule has 4 nitrogen and oxygen atoms in total. The van der Waals surface area contributed by atoms with E-state index in [4.69, 9.17) is 28.3 Å². The molecule has 18 heavy (non-hydrogen) atoms. The van der Waals surface area contributed by atoms with Crippen molar-refractivity contribution in [1.82, 2.24) is 10.3 Å². The molecule has 0 saturated carbocycles. The molecule has 0 aliphatic rings. The summed E-state index contributed by atoms with van der Waals surface area (Å²) in [5.74, 6) is 0. The summed E-state index contributed by atoms with van der Waals surface area (Å²) in [5.41, 5.74) is 1.23. The van der Waals surface area contributed by atoms with Crippen molar-refractivity contribution in [3.8, 4) is 0 Å². The molecule has 2 N–H and O–H groups in total. The van der Waals surface area contributed by atoms with Crippen LogP contribution in [0.4, 0.5) is 4.79 Å². The number of pyridine rings is 1. The molecular formula is C12H10Cl2N2O2. The van der Waals surface area contributed by atoms with E-state index in [0.717, 1.165) is 5.39 Å². The number of amides is 1. The lowest BCUT2D eigenvalue weighted by atomic mass is 10.1. The fraction of sp³-hybridized carbons (Fsp3) is 0.167. The standard InChI is InChI=1S/C12H10Cl2N2O2/c1-6(15-12(17)18)8-5-7-3-2-4-9(13)10(7)16-11(8)14/h2-6,15H,1H3,(H,17,18). The van der Waals surface area contributed by atoms with E-state index in [1.54, 1.807) is 25.1 Å². The molecule has 0 fully saturated rings. The Hall–Kier alpha value is -1.52. The molecule has 6 heteroatoms. The monoisotopic (exact) mass is 284 g/mol. The molecule has 1 heterocycles. The number of nitrogens with zero attached hydrogens (tertiary/aromatic N) is 1. The minimum absolute atomic E-state index is 0.247. The van der Waals surface area contributed by atoms with Gasteiger partial charge in [-0.2, -0.15) is 0 Å². The van der Waals surface area contributed by atoms with Crippen LogP contribution in [0.2, 0.25) is 10.2 Å². The first kappa shape index (κ1) is 12.9. The first-order chi connectivity index (χ1) is 8.49. The Morgan fingerprint density at radius 1 is 1.44 bits per heavy atom. The number of aromatic nitrogens is 1. The molecule has 0 aliphatic carbocycles. The van der Waals surface area contributed by atoms with Gasteiger partial charge in [0.1, 0.15) is 5.15 Å². The van der Waals surface area contributed by atoms with E-state index in [2.05, 4.69) is 10.3 Å². The minimum atomic E-state index is -1.11. The lowest BCUT2D eigenvalue weighted by Crippen LogP contribution is -2.24. The first-order valence-electron chi connectivity index (χ1n) is 5.23. The van der Waals surface area contributed by atoms with Crippen LogP contribution >= 0.6 is 23.2 Å². The molecule has 1 aromatic carbocycles. The Labute approximate surface area is 114 Å². The second kappa shape index (κ2) is 5.00. The van der Waals surface area contributed by atoms with E-state index in [1.807, 2.05) is 6.07 Å². The van der Waals surface area contributed by atoms with Crippen LogP contribution in [-0.4, -0.2) is 16.2 Å². The summed E-state index contributed by atoms with van der Waals surface area (Å²) >= 11 is 12.1. The summed E-state index contributed by atoms with van der Waals surface area (Å²) < 4.78 is 0. The third kappa shape index (κ3) is 2.49. The zero-order valence-electron chi connectivity index (χ0n) is 9.45. The van der Waals surface area contributed by atoms with Gasteiger partial charge in [0.25, 0.3) is 0 Å². The topological polar surface area (TPSA) is 62.2 Å². The number of nitrogens with one attached hydrogen (secondary N) is 1. The third-order valence-electron chi connectivity index (χ3n) is 2.58. The molecule has 0 aliphatic heterocycles. The van der Waals surface area contributed by atoms with E-state index >= 15 is 0 Å². The zero-order valence-corrected chi connectivity index (χ0v) is 11.0. The average Bonchev–Trinajstić information content (AvgIpc) is 2.28. The summed E-state index contributed by atoms with van der Waals surface area (Å²) in [6, 6.07) is 6.73. The summed E-state index contributed by atoms with van der Waals surface area (Å²) in [6.07, 6.45) is -1.11. The lowest BCUT2D eigenvalue weighted by Gasteiger charge is -2.14.